The molecule has 0 bridgehead atoms. The maximum atomic E-state index is 2.63. The molecule has 1 fully saturated rings. The number of allylic oxidation sites excluding steroid dienone is 2. The van der Waals surface area contributed by atoms with Crippen LogP contribution in [0.5, 0.6) is 0 Å². The van der Waals surface area contributed by atoms with Crippen LogP contribution in [0.2, 0.25) is 0 Å². The fraction of sp³-hybridized carbons (Fsp3) is 0.400. The highest BCUT2D eigenvalue weighted by atomic mass is 15.2. The van der Waals surface area contributed by atoms with Crippen molar-refractivity contribution in [3.63, 3.8) is 0 Å². The SMILES string of the molecule is CN1C2=CCC(C3CCCCC3)CC2(Cc2ccccc2)c2ccc3ccccc3c21. The molecular weight excluding hydrogens is 374 g/mol. The van der Waals surface area contributed by atoms with Crippen LogP contribution >= 0.6 is 0 Å². The Bertz CT molecular complexity index is 1120. The van der Waals surface area contributed by atoms with Gasteiger partial charge in [0, 0.05) is 23.5 Å². The molecule has 0 N–H and O–H groups in total. The van der Waals surface area contributed by atoms with E-state index in [2.05, 4.69) is 84.8 Å². The molecule has 6 rings (SSSR count). The van der Waals surface area contributed by atoms with Gasteiger partial charge in [-0.1, -0.05) is 105 Å². The predicted octanol–water partition coefficient (Wildman–Crippen LogP) is 7.64. The van der Waals surface area contributed by atoms with Crippen molar-refractivity contribution in [3.05, 3.63) is 89.6 Å². The molecule has 31 heavy (non-hydrogen) atoms. The number of likely N-dealkylation sites (N-methyl/N-ethyl adjacent to an activating group) is 1. The highest BCUT2D eigenvalue weighted by Crippen LogP contribution is 2.58. The molecule has 0 amide bonds. The van der Waals surface area contributed by atoms with Crippen molar-refractivity contribution in [2.45, 2.75) is 56.8 Å². The quantitative estimate of drug-likeness (QED) is 0.431. The maximum Gasteiger partial charge on any atom is 0.0527 e. The van der Waals surface area contributed by atoms with Crippen molar-refractivity contribution < 1.29 is 0 Å². The zero-order chi connectivity index (χ0) is 20.8. The third-order valence-electron chi connectivity index (χ3n) is 8.49. The number of anilines is 1. The van der Waals surface area contributed by atoms with E-state index in [-0.39, 0.29) is 5.41 Å². The Kier molecular flexibility index (Phi) is 4.67. The summed E-state index contributed by atoms with van der Waals surface area (Å²) in [7, 11) is 2.31. The fourth-order valence-corrected chi connectivity index (χ4v) is 7.09. The normalized spacial score (nSPS) is 25.9. The van der Waals surface area contributed by atoms with Crippen LogP contribution in [0.3, 0.4) is 0 Å². The molecule has 2 aliphatic carbocycles. The first-order chi connectivity index (χ1) is 15.3. The zero-order valence-corrected chi connectivity index (χ0v) is 18.7. The van der Waals surface area contributed by atoms with Gasteiger partial charge in [0.15, 0.2) is 0 Å². The van der Waals surface area contributed by atoms with Gasteiger partial charge in [-0.15, -0.1) is 0 Å². The largest absolute Gasteiger partial charge is 0.347 e. The molecule has 0 saturated heterocycles. The highest BCUT2D eigenvalue weighted by Gasteiger charge is 2.50. The molecule has 1 nitrogen and oxygen atoms in total. The molecular formula is C30H33N. The molecule has 158 valence electrons. The Morgan fingerprint density at radius 2 is 1.61 bits per heavy atom. The van der Waals surface area contributed by atoms with E-state index in [0.717, 1.165) is 18.3 Å². The van der Waals surface area contributed by atoms with Crippen LogP contribution in [0.4, 0.5) is 5.69 Å². The average molecular weight is 408 g/mol. The van der Waals surface area contributed by atoms with Gasteiger partial charge in [0.1, 0.15) is 0 Å². The van der Waals surface area contributed by atoms with E-state index < -0.39 is 0 Å². The third-order valence-corrected chi connectivity index (χ3v) is 8.49. The summed E-state index contributed by atoms with van der Waals surface area (Å²) in [5, 5.41) is 2.76. The van der Waals surface area contributed by atoms with Gasteiger partial charge >= 0.3 is 0 Å². The van der Waals surface area contributed by atoms with Crippen molar-refractivity contribution in [2.24, 2.45) is 11.8 Å². The van der Waals surface area contributed by atoms with Gasteiger partial charge < -0.3 is 4.90 Å². The molecule has 1 heteroatoms. The number of nitrogens with zero attached hydrogens (tertiary/aromatic N) is 1. The van der Waals surface area contributed by atoms with Crippen molar-refractivity contribution in [3.8, 4) is 0 Å². The maximum absolute atomic E-state index is 2.63. The molecule has 1 saturated carbocycles. The second-order valence-corrected chi connectivity index (χ2v) is 10.2. The summed E-state index contributed by atoms with van der Waals surface area (Å²) in [5.41, 5.74) is 6.13. The minimum Gasteiger partial charge on any atom is -0.347 e. The molecule has 0 radical (unpaired) electrons. The Hall–Kier alpha value is -2.54. The predicted molar refractivity (Wildman–Crippen MR) is 132 cm³/mol. The van der Waals surface area contributed by atoms with E-state index >= 15 is 0 Å². The Balaban J connectivity index is 1.51. The van der Waals surface area contributed by atoms with E-state index in [1.165, 1.54) is 67.0 Å². The van der Waals surface area contributed by atoms with Gasteiger partial charge in [0.05, 0.1) is 5.69 Å². The van der Waals surface area contributed by atoms with Gasteiger partial charge in [0.2, 0.25) is 0 Å². The van der Waals surface area contributed by atoms with E-state index in [0.29, 0.717) is 0 Å². The highest BCUT2D eigenvalue weighted by molar-refractivity contribution is 5.99. The molecule has 2 atom stereocenters. The fourth-order valence-electron chi connectivity index (χ4n) is 7.09. The molecule has 3 aromatic rings. The van der Waals surface area contributed by atoms with Crippen molar-refractivity contribution in [1.29, 1.82) is 0 Å². The summed E-state index contributed by atoms with van der Waals surface area (Å²) in [6.45, 7) is 0. The molecule has 0 aromatic heterocycles. The van der Waals surface area contributed by atoms with Gasteiger partial charge in [-0.05, 0) is 47.6 Å². The van der Waals surface area contributed by atoms with Crippen LogP contribution in [-0.2, 0) is 11.8 Å². The van der Waals surface area contributed by atoms with Crippen LogP contribution in [-0.4, -0.2) is 7.05 Å². The first-order valence-corrected chi connectivity index (χ1v) is 12.3. The van der Waals surface area contributed by atoms with E-state index in [1.54, 1.807) is 11.3 Å². The van der Waals surface area contributed by atoms with Gasteiger partial charge in [-0.2, -0.15) is 0 Å². The molecule has 1 heterocycles. The Morgan fingerprint density at radius 1 is 0.839 bits per heavy atom. The monoisotopic (exact) mass is 407 g/mol. The number of fused-ring (bicyclic) bond motifs is 5. The van der Waals surface area contributed by atoms with Gasteiger partial charge in [-0.3, -0.25) is 0 Å². The van der Waals surface area contributed by atoms with E-state index in [1.807, 2.05) is 0 Å². The van der Waals surface area contributed by atoms with Crippen molar-refractivity contribution in [1.82, 2.24) is 0 Å². The topological polar surface area (TPSA) is 3.24 Å². The molecule has 3 aliphatic rings. The molecule has 3 aromatic carbocycles. The molecule has 2 unspecified atom stereocenters. The zero-order valence-electron chi connectivity index (χ0n) is 18.7. The first kappa shape index (κ1) is 19.2. The van der Waals surface area contributed by atoms with Crippen LogP contribution in [0.15, 0.2) is 78.5 Å². The van der Waals surface area contributed by atoms with Crippen LogP contribution in [0, 0.1) is 11.8 Å². The van der Waals surface area contributed by atoms with Gasteiger partial charge in [-0.25, -0.2) is 0 Å². The van der Waals surface area contributed by atoms with Crippen LogP contribution in [0.1, 0.15) is 56.1 Å². The smallest absolute Gasteiger partial charge is 0.0527 e. The van der Waals surface area contributed by atoms with Crippen molar-refractivity contribution in [2.75, 3.05) is 11.9 Å². The van der Waals surface area contributed by atoms with Crippen LogP contribution < -0.4 is 4.90 Å². The summed E-state index contributed by atoms with van der Waals surface area (Å²) in [4.78, 5) is 2.54. The Morgan fingerprint density at radius 3 is 2.45 bits per heavy atom. The summed E-state index contributed by atoms with van der Waals surface area (Å²) in [5.74, 6) is 1.73. The lowest BCUT2D eigenvalue weighted by Gasteiger charge is -2.43. The summed E-state index contributed by atoms with van der Waals surface area (Å²) in [6.07, 6.45) is 13.5. The number of benzene rings is 3. The van der Waals surface area contributed by atoms with Crippen LogP contribution in [0.25, 0.3) is 10.8 Å². The average Bonchev–Trinajstić information content (AvgIpc) is 3.08. The Labute approximate surface area is 186 Å². The lowest BCUT2D eigenvalue weighted by atomic mass is 9.62. The summed E-state index contributed by atoms with van der Waals surface area (Å²) < 4.78 is 0. The second kappa shape index (κ2) is 7.55. The second-order valence-electron chi connectivity index (χ2n) is 10.2. The molecule has 1 aliphatic heterocycles. The van der Waals surface area contributed by atoms with E-state index in [4.69, 9.17) is 0 Å². The molecule has 0 spiro atoms. The summed E-state index contributed by atoms with van der Waals surface area (Å²) >= 11 is 0. The first-order valence-electron chi connectivity index (χ1n) is 12.3. The van der Waals surface area contributed by atoms with E-state index in [9.17, 15) is 0 Å². The minimum atomic E-state index is 0.107. The number of hydrogen-bond acceptors (Lipinski definition) is 1. The lowest BCUT2D eigenvalue weighted by Crippen LogP contribution is -2.39. The van der Waals surface area contributed by atoms with Gasteiger partial charge in [0.25, 0.3) is 0 Å². The number of hydrogen-bond donors (Lipinski definition) is 0. The third kappa shape index (κ3) is 3.04. The summed E-state index contributed by atoms with van der Waals surface area (Å²) in [6, 6.07) is 25.0. The number of rotatable bonds is 3. The lowest BCUT2D eigenvalue weighted by molar-refractivity contribution is 0.196. The minimum absolute atomic E-state index is 0.107. The standard InChI is InChI=1S/C30H33N/c1-31-28-19-17-25(23-12-6-3-7-13-23)21-30(28,20-22-10-4-2-5-11-22)27-18-16-24-14-8-9-15-26(24)29(27)31/h2,4-5,8-11,14-16,18-19,23,25H,3,6-7,12-13,17,20-21H2,1H3. The van der Waals surface area contributed by atoms with Crippen molar-refractivity contribution >= 4 is 16.5 Å².